The fourth-order valence-corrected chi connectivity index (χ4v) is 4.37. The first-order valence-corrected chi connectivity index (χ1v) is 10.2. The van der Waals surface area contributed by atoms with E-state index in [9.17, 15) is 9.59 Å². The Morgan fingerprint density at radius 2 is 2.22 bits per heavy atom. The fraction of sp³-hybridized carbons (Fsp3) is 0.450. The Kier molecular flexibility index (Phi) is 6.45. The van der Waals surface area contributed by atoms with Crippen LogP contribution in [-0.2, 0) is 18.4 Å². The Balaban J connectivity index is 1.62. The molecule has 2 aromatic rings. The monoisotopic (exact) mass is 386 g/mol. The van der Waals surface area contributed by atoms with E-state index in [2.05, 4.69) is 17.2 Å². The van der Waals surface area contributed by atoms with Crippen molar-refractivity contribution in [3.8, 4) is 0 Å². The number of rotatable bonds is 7. The average Bonchev–Trinajstić information content (AvgIpc) is 3.40. The molecule has 3 rings (SSSR count). The third kappa shape index (κ3) is 4.66. The van der Waals surface area contributed by atoms with Crippen LogP contribution in [-0.4, -0.2) is 32.8 Å². The second-order valence-electron chi connectivity index (χ2n) is 6.67. The SMILES string of the molecule is CCC=CCC(=O)N1CCCC1c1ccc(C(=O)NCc2nccn2C)s1. The molecule has 2 aromatic heterocycles. The Bertz CT molecular complexity index is 824. The number of hydrogen-bond donors (Lipinski definition) is 1. The molecule has 27 heavy (non-hydrogen) atoms. The molecule has 0 aromatic carbocycles. The number of thiophene rings is 1. The lowest BCUT2D eigenvalue weighted by atomic mass is 10.2. The van der Waals surface area contributed by atoms with Gasteiger partial charge in [-0.15, -0.1) is 11.3 Å². The molecule has 3 heterocycles. The van der Waals surface area contributed by atoms with Crippen LogP contribution in [0.3, 0.4) is 0 Å². The summed E-state index contributed by atoms with van der Waals surface area (Å²) in [5.41, 5.74) is 0. The maximum absolute atomic E-state index is 12.5. The van der Waals surface area contributed by atoms with Crippen LogP contribution in [0.2, 0.25) is 0 Å². The molecule has 1 atom stereocenters. The summed E-state index contributed by atoms with van der Waals surface area (Å²) in [6.45, 7) is 3.25. The third-order valence-corrected chi connectivity index (χ3v) is 5.96. The zero-order valence-corrected chi connectivity index (χ0v) is 16.7. The number of likely N-dealkylation sites (tertiary alicyclic amines) is 1. The molecular weight excluding hydrogens is 360 g/mol. The van der Waals surface area contributed by atoms with Crippen molar-refractivity contribution in [2.24, 2.45) is 7.05 Å². The lowest BCUT2D eigenvalue weighted by Crippen LogP contribution is -2.29. The molecule has 6 nitrogen and oxygen atoms in total. The number of aromatic nitrogens is 2. The van der Waals surface area contributed by atoms with Crippen LogP contribution in [0.25, 0.3) is 0 Å². The number of amides is 2. The summed E-state index contributed by atoms with van der Waals surface area (Å²) in [6, 6.07) is 3.93. The van der Waals surface area contributed by atoms with E-state index in [1.54, 1.807) is 6.20 Å². The minimum absolute atomic E-state index is 0.0913. The summed E-state index contributed by atoms with van der Waals surface area (Å²) in [4.78, 5) is 32.9. The summed E-state index contributed by atoms with van der Waals surface area (Å²) >= 11 is 1.48. The van der Waals surface area contributed by atoms with Gasteiger partial charge in [0.05, 0.1) is 17.5 Å². The second-order valence-corrected chi connectivity index (χ2v) is 7.78. The van der Waals surface area contributed by atoms with Gasteiger partial charge in [-0.2, -0.15) is 0 Å². The first-order valence-electron chi connectivity index (χ1n) is 9.38. The Morgan fingerprint density at radius 3 is 2.96 bits per heavy atom. The molecule has 7 heteroatoms. The van der Waals surface area contributed by atoms with Crippen molar-refractivity contribution in [2.45, 2.75) is 45.2 Å². The van der Waals surface area contributed by atoms with Crippen molar-refractivity contribution >= 4 is 23.2 Å². The van der Waals surface area contributed by atoms with Gasteiger partial charge >= 0.3 is 0 Å². The molecule has 1 aliphatic heterocycles. The Morgan fingerprint density at radius 1 is 1.37 bits per heavy atom. The number of carbonyl (C=O) groups is 2. The molecule has 1 fully saturated rings. The van der Waals surface area contributed by atoms with Gasteiger partial charge in [0, 0.05) is 37.3 Å². The highest BCUT2D eigenvalue weighted by Crippen LogP contribution is 2.36. The van der Waals surface area contributed by atoms with E-state index in [0.717, 1.165) is 36.5 Å². The molecular formula is C20H26N4O2S. The quantitative estimate of drug-likeness (QED) is 0.742. The highest BCUT2D eigenvalue weighted by atomic mass is 32.1. The van der Waals surface area contributed by atoms with Crippen LogP contribution in [0.1, 0.15) is 59.0 Å². The molecule has 0 spiro atoms. The number of carbonyl (C=O) groups excluding carboxylic acids is 2. The smallest absolute Gasteiger partial charge is 0.261 e. The third-order valence-electron chi connectivity index (χ3n) is 4.78. The van der Waals surface area contributed by atoms with Gasteiger partial charge in [0.2, 0.25) is 5.91 Å². The van der Waals surface area contributed by atoms with Gasteiger partial charge in [-0.1, -0.05) is 19.1 Å². The van der Waals surface area contributed by atoms with Gasteiger partial charge in [-0.3, -0.25) is 9.59 Å². The van der Waals surface area contributed by atoms with Crippen LogP contribution >= 0.6 is 11.3 Å². The minimum atomic E-state index is -0.101. The summed E-state index contributed by atoms with van der Waals surface area (Å²) in [5.74, 6) is 0.875. The lowest BCUT2D eigenvalue weighted by Gasteiger charge is -2.23. The fourth-order valence-electron chi connectivity index (χ4n) is 3.30. The van der Waals surface area contributed by atoms with Gasteiger partial charge in [0.1, 0.15) is 5.82 Å². The largest absolute Gasteiger partial charge is 0.344 e. The van der Waals surface area contributed by atoms with Crippen LogP contribution < -0.4 is 5.32 Å². The van der Waals surface area contributed by atoms with Crippen molar-refractivity contribution in [3.63, 3.8) is 0 Å². The highest BCUT2D eigenvalue weighted by molar-refractivity contribution is 7.14. The van der Waals surface area contributed by atoms with E-state index in [1.807, 2.05) is 47.0 Å². The maximum Gasteiger partial charge on any atom is 0.261 e. The topological polar surface area (TPSA) is 67.2 Å². The highest BCUT2D eigenvalue weighted by Gasteiger charge is 2.30. The summed E-state index contributed by atoms with van der Waals surface area (Å²) in [6.07, 6.45) is 10.9. The number of hydrogen-bond acceptors (Lipinski definition) is 4. The van der Waals surface area contributed by atoms with Crippen LogP contribution in [0.15, 0.2) is 36.7 Å². The maximum atomic E-state index is 12.5. The van der Waals surface area contributed by atoms with Crippen molar-refractivity contribution in [1.29, 1.82) is 0 Å². The number of nitrogens with zero attached hydrogens (tertiary/aromatic N) is 3. The number of nitrogens with one attached hydrogen (secondary N) is 1. The zero-order chi connectivity index (χ0) is 19.2. The van der Waals surface area contributed by atoms with Crippen molar-refractivity contribution < 1.29 is 9.59 Å². The molecule has 0 radical (unpaired) electrons. The van der Waals surface area contributed by atoms with Gasteiger partial charge < -0.3 is 14.8 Å². The summed E-state index contributed by atoms with van der Waals surface area (Å²) < 4.78 is 1.88. The van der Waals surface area contributed by atoms with Gasteiger partial charge in [-0.25, -0.2) is 4.98 Å². The molecule has 1 aliphatic rings. The number of allylic oxidation sites excluding steroid dienone is 1. The molecule has 144 valence electrons. The second kappa shape index (κ2) is 8.99. The zero-order valence-electron chi connectivity index (χ0n) is 15.9. The average molecular weight is 387 g/mol. The van der Waals surface area contributed by atoms with Gasteiger partial charge in [-0.05, 0) is 31.4 Å². The minimum Gasteiger partial charge on any atom is -0.344 e. The molecule has 0 bridgehead atoms. The summed E-state index contributed by atoms with van der Waals surface area (Å²) in [7, 11) is 1.90. The van der Waals surface area contributed by atoms with E-state index in [-0.39, 0.29) is 17.9 Å². The molecule has 0 saturated carbocycles. The van der Waals surface area contributed by atoms with Gasteiger partial charge in [0.25, 0.3) is 5.91 Å². The lowest BCUT2D eigenvalue weighted by molar-refractivity contribution is -0.131. The Hall–Kier alpha value is -2.41. The van der Waals surface area contributed by atoms with Crippen LogP contribution in [0, 0.1) is 0 Å². The molecule has 1 N–H and O–H groups in total. The Labute approximate surface area is 163 Å². The standard InChI is InChI=1S/C20H26N4O2S/c1-3-4-5-8-19(25)24-12-6-7-15(24)16-9-10-17(27-16)20(26)22-14-18-21-11-13-23(18)2/h4-5,9-11,13,15H,3,6-8,12,14H2,1-2H3,(H,22,26). The predicted octanol–water partition coefficient (Wildman–Crippen LogP) is 3.43. The molecule has 1 unspecified atom stereocenters. The van der Waals surface area contributed by atoms with Crippen molar-refractivity contribution in [3.05, 3.63) is 52.3 Å². The first-order chi connectivity index (χ1) is 13.1. The molecule has 0 aliphatic carbocycles. The first kappa shape index (κ1) is 19.4. The number of imidazole rings is 1. The van der Waals surface area contributed by atoms with E-state index in [0.29, 0.717) is 17.8 Å². The van der Waals surface area contributed by atoms with Crippen LogP contribution in [0.5, 0.6) is 0 Å². The van der Waals surface area contributed by atoms with Crippen molar-refractivity contribution in [1.82, 2.24) is 19.8 Å². The van der Waals surface area contributed by atoms with E-state index in [1.165, 1.54) is 11.3 Å². The van der Waals surface area contributed by atoms with E-state index < -0.39 is 0 Å². The van der Waals surface area contributed by atoms with Crippen LogP contribution in [0.4, 0.5) is 0 Å². The molecule has 1 saturated heterocycles. The van der Waals surface area contributed by atoms with E-state index in [4.69, 9.17) is 0 Å². The summed E-state index contributed by atoms with van der Waals surface area (Å²) in [5, 5.41) is 2.91. The molecule has 2 amide bonds. The number of aryl methyl sites for hydroxylation is 1. The normalized spacial score (nSPS) is 17.0. The van der Waals surface area contributed by atoms with E-state index >= 15 is 0 Å². The predicted molar refractivity (Wildman–Crippen MR) is 106 cm³/mol. The van der Waals surface area contributed by atoms with Gasteiger partial charge in [0.15, 0.2) is 0 Å². The van der Waals surface area contributed by atoms with Crippen molar-refractivity contribution in [2.75, 3.05) is 6.54 Å².